The Morgan fingerprint density at radius 1 is 1.16 bits per heavy atom. The van der Waals surface area contributed by atoms with Gasteiger partial charge >= 0.3 is 6.03 Å². The van der Waals surface area contributed by atoms with Crippen LogP contribution in [-0.4, -0.2) is 28.3 Å². The Morgan fingerprint density at radius 3 is 2.62 bits per heavy atom. The number of aromatic nitrogens is 2. The number of carbonyl (C=O) groups is 1. The molecule has 0 bridgehead atoms. The van der Waals surface area contributed by atoms with Crippen molar-refractivity contribution in [2.45, 2.75) is 19.5 Å². The Hall–Kier alpha value is -2.88. The number of nitrogens with one attached hydrogen (secondary N) is 4. The third-order valence-electron chi connectivity index (χ3n) is 4.59. The minimum atomic E-state index is -0.553. The molecule has 0 saturated carbocycles. The molecule has 32 heavy (non-hydrogen) atoms. The largest absolute Gasteiger partial charge is 0.334 e. The monoisotopic (exact) mass is 475 g/mol. The van der Waals surface area contributed by atoms with Gasteiger partial charge in [-0.2, -0.15) is 12.6 Å². The summed E-state index contributed by atoms with van der Waals surface area (Å²) in [5, 5.41) is 8.91. The Bertz CT molecular complexity index is 1120. The van der Waals surface area contributed by atoms with E-state index in [0.717, 1.165) is 29.8 Å². The van der Waals surface area contributed by atoms with E-state index in [1.165, 1.54) is 18.3 Å². The van der Waals surface area contributed by atoms with Crippen molar-refractivity contribution in [1.82, 2.24) is 20.6 Å². The lowest BCUT2D eigenvalue weighted by atomic mass is 10.1. The number of hydrogen-bond acceptors (Lipinski definition) is 5. The first-order valence-corrected chi connectivity index (χ1v) is 11.0. The van der Waals surface area contributed by atoms with E-state index in [1.807, 2.05) is 6.07 Å². The Kier molecular flexibility index (Phi) is 8.66. The zero-order valence-electron chi connectivity index (χ0n) is 17.1. The fourth-order valence-corrected chi connectivity index (χ4v) is 3.29. The molecular formula is C22H23ClFN5O2S. The second kappa shape index (κ2) is 11.7. The molecule has 0 spiro atoms. The molecule has 0 aliphatic rings. The van der Waals surface area contributed by atoms with Crippen LogP contribution in [0, 0.1) is 5.82 Å². The number of amides is 2. The van der Waals surface area contributed by atoms with Crippen molar-refractivity contribution in [3.05, 3.63) is 81.0 Å². The van der Waals surface area contributed by atoms with Crippen LogP contribution in [0.2, 0.25) is 5.02 Å². The third-order valence-corrected chi connectivity index (χ3v) is 5.26. The number of carbonyl (C=O) groups excluding carboxylic acids is 1. The number of aromatic amines is 1. The van der Waals surface area contributed by atoms with E-state index >= 15 is 0 Å². The van der Waals surface area contributed by atoms with Crippen molar-refractivity contribution in [1.29, 1.82) is 0 Å². The summed E-state index contributed by atoms with van der Waals surface area (Å²) in [6.07, 6.45) is 2.34. The summed E-state index contributed by atoms with van der Waals surface area (Å²) in [4.78, 5) is 31.2. The molecule has 3 aromatic rings. The molecular weight excluding hydrogens is 453 g/mol. The van der Waals surface area contributed by atoms with Crippen molar-refractivity contribution >= 4 is 36.2 Å². The van der Waals surface area contributed by atoms with E-state index < -0.39 is 11.6 Å². The lowest BCUT2D eigenvalue weighted by Crippen LogP contribution is -2.30. The topological polar surface area (TPSA) is 98.9 Å². The zero-order chi connectivity index (χ0) is 22.9. The molecule has 1 aromatic heterocycles. The van der Waals surface area contributed by atoms with Crippen molar-refractivity contribution < 1.29 is 9.18 Å². The molecule has 0 atom stereocenters. The van der Waals surface area contributed by atoms with Crippen molar-refractivity contribution in [3.63, 3.8) is 0 Å². The fraction of sp³-hybridized carbons (Fsp3) is 0.227. The van der Waals surface area contributed by atoms with Crippen LogP contribution in [0.3, 0.4) is 0 Å². The van der Waals surface area contributed by atoms with Gasteiger partial charge in [0.2, 0.25) is 5.95 Å². The average Bonchev–Trinajstić information content (AvgIpc) is 2.77. The van der Waals surface area contributed by atoms with Gasteiger partial charge in [-0.05, 0) is 53.6 Å². The van der Waals surface area contributed by atoms with Crippen LogP contribution >= 0.6 is 24.2 Å². The number of H-pyrrole nitrogens is 1. The van der Waals surface area contributed by atoms with Gasteiger partial charge in [0, 0.05) is 24.3 Å². The maximum atomic E-state index is 12.9. The molecule has 0 unspecified atom stereocenters. The van der Waals surface area contributed by atoms with Crippen LogP contribution in [0.4, 0.5) is 15.1 Å². The molecule has 168 valence electrons. The van der Waals surface area contributed by atoms with E-state index in [1.54, 1.807) is 24.3 Å². The standard InChI is InChI=1S/C22H23ClFN5O2S/c23-19-10-15(4-5-16(19)12-25-8-1-9-32)18-13-26-21(28-20(18)30)29-22(31)27-11-14-2-6-17(24)7-3-14/h2-7,10,13,25,32H,1,8-9,11-12H2,(H3,26,27,28,29,30,31). The molecule has 2 amide bonds. The summed E-state index contributed by atoms with van der Waals surface area (Å²) in [5.74, 6) is 0.472. The molecule has 0 aliphatic carbocycles. The van der Waals surface area contributed by atoms with E-state index in [4.69, 9.17) is 11.6 Å². The number of benzene rings is 2. The van der Waals surface area contributed by atoms with Gasteiger partial charge in [-0.1, -0.05) is 35.9 Å². The van der Waals surface area contributed by atoms with Crippen molar-refractivity contribution in [2.75, 3.05) is 17.6 Å². The second-order valence-corrected chi connectivity index (χ2v) is 7.82. The summed E-state index contributed by atoms with van der Waals surface area (Å²) in [6.45, 7) is 1.66. The van der Waals surface area contributed by atoms with E-state index in [-0.39, 0.29) is 18.3 Å². The first-order chi connectivity index (χ1) is 15.5. The number of anilines is 1. The summed E-state index contributed by atoms with van der Waals surface area (Å²) in [5.41, 5.74) is 2.20. The lowest BCUT2D eigenvalue weighted by Gasteiger charge is -2.09. The molecule has 10 heteroatoms. The first-order valence-electron chi connectivity index (χ1n) is 9.95. The van der Waals surface area contributed by atoms with Gasteiger partial charge in [0.15, 0.2) is 0 Å². The molecule has 0 saturated heterocycles. The number of rotatable bonds is 9. The highest BCUT2D eigenvalue weighted by molar-refractivity contribution is 7.80. The minimum Gasteiger partial charge on any atom is -0.334 e. The number of hydrogen-bond donors (Lipinski definition) is 5. The highest BCUT2D eigenvalue weighted by atomic mass is 35.5. The van der Waals surface area contributed by atoms with Crippen LogP contribution in [0.15, 0.2) is 53.5 Å². The molecule has 0 fully saturated rings. The Balaban J connectivity index is 1.60. The van der Waals surface area contributed by atoms with Crippen LogP contribution in [0.5, 0.6) is 0 Å². The predicted octanol–water partition coefficient (Wildman–Crippen LogP) is 3.96. The summed E-state index contributed by atoms with van der Waals surface area (Å²) >= 11 is 10.5. The van der Waals surface area contributed by atoms with E-state index in [2.05, 4.69) is 38.5 Å². The van der Waals surface area contributed by atoms with Gasteiger partial charge < -0.3 is 10.6 Å². The Morgan fingerprint density at radius 2 is 1.94 bits per heavy atom. The predicted molar refractivity (Wildman–Crippen MR) is 128 cm³/mol. The van der Waals surface area contributed by atoms with Gasteiger partial charge in [0.25, 0.3) is 5.56 Å². The summed E-state index contributed by atoms with van der Waals surface area (Å²) in [7, 11) is 0. The third kappa shape index (κ3) is 6.81. The first kappa shape index (κ1) is 23.8. The lowest BCUT2D eigenvalue weighted by molar-refractivity contribution is 0.251. The Labute approximate surface area is 195 Å². The zero-order valence-corrected chi connectivity index (χ0v) is 18.8. The van der Waals surface area contributed by atoms with Crippen LogP contribution in [0.1, 0.15) is 17.5 Å². The SMILES string of the molecule is O=C(NCc1ccc(F)cc1)Nc1ncc(-c2ccc(CNCCCS)c(Cl)c2)c(=O)[nH]1. The summed E-state index contributed by atoms with van der Waals surface area (Å²) in [6, 6.07) is 10.6. The highest BCUT2D eigenvalue weighted by Gasteiger charge is 2.10. The van der Waals surface area contributed by atoms with Crippen molar-refractivity contribution in [3.8, 4) is 11.1 Å². The van der Waals surface area contributed by atoms with Gasteiger partial charge in [-0.15, -0.1) is 0 Å². The molecule has 3 rings (SSSR count). The molecule has 1 heterocycles. The second-order valence-electron chi connectivity index (χ2n) is 6.97. The molecule has 4 N–H and O–H groups in total. The molecule has 7 nitrogen and oxygen atoms in total. The van der Waals surface area contributed by atoms with Crippen molar-refractivity contribution in [2.24, 2.45) is 0 Å². The van der Waals surface area contributed by atoms with Gasteiger partial charge in [-0.25, -0.2) is 14.2 Å². The maximum absolute atomic E-state index is 12.9. The van der Waals surface area contributed by atoms with Crippen LogP contribution in [0.25, 0.3) is 11.1 Å². The number of urea groups is 1. The van der Waals surface area contributed by atoms with Gasteiger partial charge in [0.05, 0.1) is 5.56 Å². The van der Waals surface area contributed by atoms with Crippen LogP contribution in [-0.2, 0) is 13.1 Å². The number of halogens is 2. The van der Waals surface area contributed by atoms with Gasteiger partial charge in [-0.3, -0.25) is 15.1 Å². The van der Waals surface area contributed by atoms with Crippen LogP contribution < -0.4 is 21.5 Å². The summed E-state index contributed by atoms with van der Waals surface area (Å²) < 4.78 is 12.9. The smallest absolute Gasteiger partial charge is 0.321 e. The average molecular weight is 476 g/mol. The number of nitrogens with zero attached hydrogens (tertiary/aromatic N) is 1. The highest BCUT2D eigenvalue weighted by Crippen LogP contribution is 2.23. The van der Waals surface area contributed by atoms with E-state index in [0.29, 0.717) is 22.7 Å². The fourth-order valence-electron chi connectivity index (χ4n) is 2.89. The van der Waals surface area contributed by atoms with E-state index in [9.17, 15) is 14.0 Å². The maximum Gasteiger partial charge on any atom is 0.321 e. The minimum absolute atomic E-state index is 0.00598. The molecule has 2 aromatic carbocycles. The normalized spacial score (nSPS) is 10.7. The quantitative estimate of drug-likeness (QED) is 0.239. The molecule has 0 aliphatic heterocycles. The van der Waals surface area contributed by atoms with Gasteiger partial charge in [0.1, 0.15) is 5.82 Å². The number of thiol groups is 1. The molecule has 0 radical (unpaired) electrons.